The van der Waals surface area contributed by atoms with Crippen LogP contribution in [0.2, 0.25) is 0 Å². The molecule has 0 bridgehead atoms. The summed E-state index contributed by atoms with van der Waals surface area (Å²) in [5.74, 6) is -0.0147. The van der Waals surface area contributed by atoms with Crippen molar-refractivity contribution in [1.82, 2.24) is 10.3 Å². The van der Waals surface area contributed by atoms with Gasteiger partial charge >= 0.3 is 0 Å². The van der Waals surface area contributed by atoms with Crippen LogP contribution < -0.4 is 10.2 Å². The third-order valence-electron chi connectivity index (χ3n) is 5.60. The van der Waals surface area contributed by atoms with Gasteiger partial charge in [0.1, 0.15) is 5.69 Å². The summed E-state index contributed by atoms with van der Waals surface area (Å²) in [6.45, 7) is 3.36. The lowest BCUT2D eigenvalue weighted by Crippen LogP contribution is -2.39. The standard InChI is InChI=1S/C20H31N3O/c1-2-17-11-7-8-14-23(17)18-12-13-19(21-15-18)20(24)22-16-9-5-3-4-6-10-16/h12-13,15-17H,2-11,14H2,1H3,(H,22,24). The van der Waals surface area contributed by atoms with Gasteiger partial charge in [0.25, 0.3) is 5.91 Å². The van der Waals surface area contributed by atoms with Crippen molar-refractivity contribution in [3.05, 3.63) is 24.0 Å². The summed E-state index contributed by atoms with van der Waals surface area (Å²) in [6.07, 6.45) is 14.2. The van der Waals surface area contributed by atoms with Crippen LogP contribution in [0.4, 0.5) is 5.69 Å². The molecular formula is C20H31N3O. The zero-order chi connectivity index (χ0) is 16.8. The van der Waals surface area contributed by atoms with Gasteiger partial charge in [-0.2, -0.15) is 0 Å². The fourth-order valence-corrected chi connectivity index (χ4v) is 4.14. The van der Waals surface area contributed by atoms with Crippen molar-refractivity contribution in [1.29, 1.82) is 0 Å². The molecule has 1 amide bonds. The molecule has 2 aliphatic rings. The first-order chi connectivity index (χ1) is 11.8. The zero-order valence-corrected chi connectivity index (χ0v) is 15.0. The van der Waals surface area contributed by atoms with Crippen molar-refractivity contribution in [2.24, 2.45) is 0 Å². The largest absolute Gasteiger partial charge is 0.367 e. The van der Waals surface area contributed by atoms with E-state index < -0.39 is 0 Å². The Morgan fingerprint density at radius 3 is 2.54 bits per heavy atom. The molecule has 4 heteroatoms. The Labute approximate surface area is 146 Å². The Morgan fingerprint density at radius 1 is 1.12 bits per heavy atom. The summed E-state index contributed by atoms with van der Waals surface area (Å²) in [5, 5.41) is 3.18. The van der Waals surface area contributed by atoms with Crippen molar-refractivity contribution < 1.29 is 4.79 Å². The molecule has 132 valence electrons. The van der Waals surface area contributed by atoms with E-state index in [-0.39, 0.29) is 5.91 Å². The molecule has 1 unspecified atom stereocenters. The Bertz CT molecular complexity index is 520. The fraction of sp³-hybridized carbons (Fsp3) is 0.700. The molecule has 0 radical (unpaired) electrons. The van der Waals surface area contributed by atoms with E-state index in [9.17, 15) is 4.79 Å². The van der Waals surface area contributed by atoms with Crippen LogP contribution in [0, 0.1) is 0 Å². The van der Waals surface area contributed by atoms with Crippen LogP contribution in [0.5, 0.6) is 0 Å². The number of carbonyl (C=O) groups excluding carboxylic acids is 1. The average Bonchev–Trinajstić information content (AvgIpc) is 2.90. The van der Waals surface area contributed by atoms with Gasteiger partial charge in [0.05, 0.1) is 11.9 Å². The first kappa shape index (κ1) is 17.2. The van der Waals surface area contributed by atoms with E-state index >= 15 is 0 Å². The molecule has 1 saturated carbocycles. The lowest BCUT2D eigenvalue weighted by atomic mass is 9.99. The van der Waals surface area contributed by atoms with E-state index in [2.05, 4.69) is 28.2 Å². The van der Waals surface area contributed by atoms with Crippen LogP contribution >= 0.6 is 0 Å². The number of piperidine rings is 1. The van der Waals surface area contributed by atoms with Gasteiger partial charge in [-0.1, -0.05) is 32.6 Å². The van der Waals surface area contributed by atoms with Crippen molar-refractivity contribution in [3.8, 4) is 0 Å². The molecule has 1 N–H and O–H groups in total. The molecule has 1 aromatic heterocycles. The highest BCUT2D eigenvalue weighted by Crippen LogP contribution is 2.26. The van der Waals surface area contributed by atoms with Crippen LogP contribution in [-0.2, 0) is 0 Å². The number of anilines is 1. The number of aromatic nitrogens is 1. The quantitative estimate of drug-likeness (QED) is 0.838. The molecule has 1 aliphatic carbocycles. The molecule has 4 nitrogen and oxygen atoms in total. The van der Waals surface area contributed by atoms with Crippen LogP contribution in [0.1, 0.15) is 81.6 Å². The maximum absolute atomic E-state index is 12.4. The summed E-state index contributed by atoms with van der Waals surface area (Å²) in [7, 11) is 0. The first-order valence-electron chi connectivity index (χ1n) is 9.81. The van der Waals surface area contributed by atoms with Crippen LogP contribution in [0.3, 0.4) is 0 Å². The molecule has 3 rings (SSSR count). The summed E-state index contributed by atoms with van der Waals surface area (Å²) in [5.41, 5.74) is 1.71. The van der Waals surface area contributed by atoms with Crippen molar-refractivity contribution >= 4 is 11.6 Å². The third-order valence-corrected chi connectivity index (χ3v) is 5.60. The maximum atomic E-state index is 12.4. The van der Waals surface area contributed by atoms with E-state index in [4.69, 9.17) is 0 Å². The number of amides is 1. The number of hydrogen-bond donors (Lipinski definition) is 1. The molecule has 0 aromatic carbocycles. The minimum Gasteiger partial charge on any atom is -0.367 e. The molecule has 2 heterocycles. The molecule has 2 fully saturated rings. The zero-order valence-electron chi connectivity index (χ0n) is 15.0. The minimum atomic E-state index is -0.0147. The minimum absolute atomic E-state index is 0.0147. The molecule has 24 heavy (non-hydrogen) atoms. The summed E-state index contributed by atoms with van der Waals surface area (Å²) in [6, 6.07) is 4.91. The molecule has 1 aliphatic heterocycles. The average molecular weight is 329 g/mol. The monoisotopic (exact) mass is 329 g/mol. The fourth-order valence-electron chi connectivity index (χ4n) is 4.14. The lowest BCUT2D eigenvalue weighted by molar-refractivity contribution is 0.0928. The summed E-state index contributed by atoms with van der Waals surface area (Å²) >= 11 is 0. The predicted molar refractivity (Wildman–Crippen MR) is 98.5 cm³/mol. The first-order valence-corrected chi connectivity index (χ1v) is 9.81. The Morgan fingerprint density at radius 2 is 1.88 bits per heavy atom. The smallest absolute Gasteiger partial charge is 0.270 e. The second kappa shape index (κ2) is 8.50. The molecule has 1 aromatic rings. The van der Waals surface area contributed by atoms with Gasteiger partial charge in [-0.25, -0.2) is 4.98 Å². The van der Waals surface area contributed by atoms with Crippen LogP contribution in [0.15, 0.2) is 18.3 Å². The number of carbonyl (C=O) groups is 1. The van der Waals surface area contributed by atoms with Gasteiger partial charge in [0.15, 0.2) is 0 Å². The second-order valence-corrected chi connectivity index (χ2v) is 7.31. The van der Waals surface area contributed by atoms with Crippen molar-refractivity contribution in [2.75, 3.05) is 11.4 Å². The van der Waals surface area contributed by atoms with Gasteiger partial charge in [-0.05, 0) is 50.7 Å². The summed E-state index contributed by atoms with van der Waals surface area (Å²) < 4.78 is 0. The highest BCUT2D eigenvalue weighted by atomic mass is 16.1. The van der Waals surface area contributed by atoms with Crippen LogP contribution in [0.25, 0.3) is 0 Å². The molecular weight excluding hydrogens is 298 g/mol. The molecule has 1 atom stereocenters. The van der Waals surface area contributed by atoms with E-state index in [0.717, 1.165) is 25.1 Å². The second-order valence-electron chi connectivity index (χ2n) is 7.31. The predicted octanol–water partition coefficient (Wildman–Crippen LogP) is 4.30. The lowest BCUT2D eigenvalue weighted by Gasteiger charge is -2.37. The van der Waals surface area contributed by atoms with E-state index in [1.807, 2.05) is 12.3 Å². The highest BCUT2D eigenvalue weighted by molar-refractivity contribution is 5.92. The number of nitrogens with one attached hydrogen (secondary N) is 1. The van der Waals surface area contributed by atoms with Gasteiger partial charge in [-0.3, -0.25) is 4.79 Å². The highest BCUT2D eigenvalue weighted by Gasteiger charge is 2.22. The van der Waals surface area contributed by atoms with E-state index in [0.29, 0.717) is 17.8 Å². The van der Waals surface area contributed by atoms with Crippen molar-refractivity contribution in [3.63, 3.8) is 0 Å². The molecule has 0 spiro atoms. The number of hydrogen-bond acceptors (Lipinski definition) is 3. The number of nitrogens with zero attached hydrogens (tertiary/aromatic N) is 2. The van der Waals surface area contributed by atoms with E-state index in [1.165, 1.54) is 51.4 Å². The normalized spacial score (nSPS) is 22.9. The van der Waals surface area contributed by atoms with Crippen LogP contribution in [-0.4, -0.2) is 29.5 Å². The Hall–Kier alpha value is -1.58. The van der Waals surface area contributed by atoms with Crippen molar-refractivity contribution in [2.45, 2.75) is 83.2 Å². The van der Waals surface area contributed by atoms with Gasteiger partial charge in [0, 0.05) is 18.6 Å². The Kier molecular flexibility index (Phi) is 6.11. The Balaban J connectivity index is 1.61. The van der Waals surface area contributed by atoms with Gasteiger partial charge in [0.2, 0.25) is 0 Å². The topological polar surface area (TPSA) is 45.2 Å². The van der Waals surface area contributed by atoms with Gasteiger partial charge < -0.3 is 10.2 Å². The van der Waals surface area contributed by atoms with E-state index in [1.54, 1.807) is 0 Å². The summed E-state index contributed by atoms with van der Waals surface area (Å²) in [4.78, 5) is 19.4. The third kappa shape index (κ3) is 4.28. The van der Waals surface area contributed by atoms with Gasteiger partial charge in [-0.15, -0.1) is 0 Å². The molecule has 1 saturated heterocycles. The SMILES string of the molecule is CCC1CCCCN1c1ccc(C(=O)NC2CCCCCC2)nc1. The number of pyridine rings is 1. The maximum Gasteiger partial charge on any atom is 0.270 e. The number of rotatable bonds is 4.